The molecule has 1 aromatic carbocycles. The van der Waals surface area contributed by atoms with Crippen LogP contribution in [0, 0.1) is 0 Å². The number of benzene rings is 1. The van der Waals surface area contributed by atoms with Crippen molar-refractivity contribution in [2.45, 2.75) is 38.1 Å². The lowest BCUT2D eigenvalue weighted by Gasteiger charge is -2.21. The van der Waals surface area contributed by atoms with Crippen LogP contribution in [-0.4, -0.2) is 13.2 Å². The molecule has 1 aromatic rings. The van der Waals surface area contributed by atoms with E-state index in [2.05, 4.69) is 34.8 Å². The van der Waals surface area contributed by atoms with E-state index in [1.807, 2.05) is 12.1 Å². The fourth-order valence-electron chi connectivity index (χ4n) is 2.39. The van der Waals surface area contributed by atoms with E-state index in [0.29, 0.717) is 5.92 Å². The fraction of sp³-hybridized carbons (Fsp3) is 0.500. The highest BCUT2D eigenvalue weighted by Gasteiger charge is 2.47. The number of isocyanates is 1. The van der Waals surface area contributed by atoms with Crippen LogP contribution in [0.4, 0.5) is 0 Å². The van der Waals surface area contributed by atoms with Gasteiger partial charge in [0.25, 0.3) is 0 Å². The van der Waals surface area contributed by atoms with Gasteiger partial charge in [-0.05, 0) is 36.5 Å². The van der Waals surface area contributed by atoms with Gasteiger partial charge in [-0.1, -0.05) is 29.8 Å². The zero-order chi connectivity index (χ0) is 13.3. The third-order valence-electron chi connectivity index (χ3n) is 3.39. The van der Waals surface area contributed by atoms with Crippen molar-refractivity contribution in [3.8, 4) is 5.75 Å². The number of nitrogens with zero attached hydrogens (tertiary/aromatic N) is 1. The number of halogens is 1. The molecule has 0 N–H and O–H groups in total. The van der Waals surface area contributed by atoms with E-state index >= 15 is 0 Å². The Morgan fingerprint density at radius 1 is 1.44 bits per heavy atom. The average molecular weight is 310 g/mol. The maximum Gasteiger partial charge on any atom is 0.235 e. The Kier molecular flexibility index (Phi) is 3.60. The summed E-state index contributed by atoms with van der Waals surface area (Å²) in [5.74, 6) is 1.17. The molecule has 0 radical (unpaired) electrons. The molecule has 0 spiro atoms. The van der Waals surface area contributed by atoms with E-state index in [-0.39, 0.29) is 5.54 Å². The largest absolute Gasteiger partial charge is 0.496 e. The summed E-state index contributed by atoms with van der Waals surface area (Å²) in [5, 5.41) is 0. The van der Waals surface area contributed by atoms with E-state index in [1.54, 1.807) is 13.2 Å². The monoisotopic (exact) mass is 309 g/mol. The number of aliphatic imine (C=N–C) groups is 1. The molecule has 1 fully saturated rings. The lowest BCUT2D eigenvalue weighted by Crippen LogP contribution is -2.10. The van der Waals surface area contributed by atoms with Crippen LogP contribution in [0.15, 0.2) is 21.6 Å². The van der Waals surface area contributed by atoms with Gasteiger partial charge in [-0.3, -0.25) is 0 Å². The first kappa shape index (κ1) is 13.3. The molecule has 4 heteroatoms. The second-order valence-corrected chi connectivity index (χ2v) is 5.87. The van der Waals surface area contributed by atoms with Crippen LogP contribution in [0.2, 0.25) is 0 Å². The highest BCUT2D eigenvalue weighted by molar-refractivity contribution is 9.10. The Morgan fingerprint density at radius 2 is 2.11 bits per heavy atom. The topological polar surface area (TPSA) is 38.7 Å². The van der Waals surface area contributed by atoms with Crippen LogP contribution in [0.5, 0.6) is 5.75 Å². The van der Waals surface area contributed by atoms with Crippen molar-refractivity contribution in [1.29, 1.82) is 0 Å². The summed E-state index contributed by atoms with van der Waals surface area (Å²) in [4.78, 5) is 14.6. The predicted octanol–water partition coefficient (Wildman–Crippen LogP) is 3.91. The van der Waals surface area contributed by atoms with Crippen molar-refractivity contribution in [2.24, 2.45) is 4.99 Å². The maximum absolute atomic E-state index is 10.6. The molecule has 0 atom stereocenters. The number of ether oxygens (including phenoxy) is 1. The molecule has 18 heavy (non-hydrogen) atoms. The average Bonchev–Trinajstić information content (AvgIpc) is 3.08. The quantitative estimate of drug-likeness (QED) is 0.625. The number of hydrogen-bond acceptors (Lipinski definition) is 3. The van der Waals surface area contributed by atoms with Gasteiger partial charge in [-0.25, -0.2) is 4.79 Å². The first-order chi connectivity index (χ1) is 8.54. The molecule has 1 aliphatic rings. The zero-order valence-corrected chi connectivity index (χ0v) is 12.4. The lowest BCUT2D eigenvalue weighted by atomic mass is 9.90. The minimum absolute atomic E-state index is 0.322. The van der Waals surface area contributed by atoms with Gasteiger partial charge in [-0.15, -0.1) is 0 Å². The molecule has 96 valence electrons. The van der Waals surface area contributed by atoms with Gasteiger partial charge < -0.3 is 4.74 Å². The lowest BCUT2D eigenvalue weighted by molar-refractivity contribution is 0.405. The standard InChI is InChI=1S/C14H16BrNO2/c1-9(2)13-11(14(4-5-14)16-8-17)6-10(15)7-12(13)18-3/h6-7,9H,4-5H2,1-3H3. The molecule has 0 amide bonds. The zero-order valence-electron chi connectivity index (χ0n) is 10.8. The molecule has 2 rings (SSSR count). The van der Waals surface area contributed by atoms with Crippen LogP contribution in [-0.2, 0) is 10.3 Å². The van der Waals surface area contributed by atoms with Crippen molar-refractivity contribution in [1.82, 2.24) is 0 Å². The van der Waals surface area contributed by atoms with Gasteiger partial charge in [0, 0.05) is 10.0 Å². The minimum Gasteiger partial charge on any atom is -0.496 e. The number of rotatable bonds is 4. The Hall–Kier alpha value is -1.12. The van der Waals surface area contributed by atoms with Gasteiger partial charge >= 0.3 is 0 Å². The van der Waals surface area contributed by atoms with E-state index in [4.69, 9.17) is 4.74 Å². The van der Waals surface area contributed by atoms with Crippen molar-refractivity contribution in [3.63, 3.8) is 0 Å². The molecule has 0 saturated heterocycles. The van der Waals surface area contributed by atoms with E-state index in [9.17, 15) is 4.79 Å². The molecule has 0 heterocycles. The van der Waals surface area contributed by atoms with Crippen LogP contribution >= 0.6 is 15.9 Å². The number of hydrogen-bond donors (Lipinski definition) is 0. The molecular formula is C14H16BrNO2. The molecule has 0 bridgehead atoms. The molecule has 1 aliphatic carbocycles. The second kappa shape index (κ2) is 4.87. The van der Waals surface area contributed by atoms with Crippen molar-refractivity contribution < 1.29 is 9.53 Å². The van der Waals surface area contributed by atoms with E-state index in [1.165, 1.54) is 0 Å². The Morgan fingerprint density at radius 3 is 2.56 bits per heavy atom. The van der Waals surface area contributed by atoms with Gasteiger partial charge in [0.1, 0.15) is 5.75 Å². The highest BCUT2D eigenvalue weighted by atomic mass is 79.9. The van der Waals surface area contributed by atoms with Gasteiger partial charge in [0.15, 0.2) is 0 Å². The van der Waals surface area contributed by atoms with Crippen LogP contribution < -0.4 is 4.74 Å². The highest BCUT2D eigenvalue weighted by Crippen LogP contribution is 2.53. The normalized spacial score (nSPS) is 16.3. The Bertz CT molecular complexity index is 515. The molecule has 3 nitrogen and oxygen atoms in total. The summed E-state index contributed by atoms with van der Waals surface area (Å²) in [7, 11) is 1.67. The van der Waals surface area contributed by atoms with Gasteiger partial charge in [0.2, 0.25) is 6.08 Å². The van der Waals surface area contributed by atoms with Crippen molar-refractivity contribution in [3.05, 3.63) is 27.7 Å². The van der Waals surface area contributed by atoms with Crippen molar-refractivity contribution >= 4 is 22.0 Å². The van der Waals surface area contributed by atoms with Gasteiger partial charge in [-0.2, -0.15) is 4.99 Å². The summed E-state index contributed by atoms with van der Waals surface area (Å²) in [6.07, 6.45) is 3.52. The summed E-state index contributed by atoms with van der Waals surface area (Å²) >= 11 is 3.49. The molecule has 0 aliphatic heterocycles. The first-order valence-corrected chi connectivity index (χ1v) is 6.80. The SMILES string of the molecule is COc1cc(Br)cc(C2(N=C=O)CC2)c1C(C)C. The Balaban J connectivity index is 2.65. The molecule has 0 unspecified atom stereocenters. The summed E-state index contributed by atoms with van der Waals surface area (Å²) < 4.78 is 6.41. The fourth-order valence-corrected chi connectivity index (χ4v) is 2.83. The summed E-state index contributed by atoms with van der Waals surface area (Å²) in [5.41, 5.74) is 1.86. The van der Waals surface area contributed by atoms with Gasteiger partial charge in [0.05, 0.1) is 12.6 Å². The number of methoxy groups -OCH3 is 1. The summed E-state index contributed by atoms with van der Waals surface area (Å²) in [6.45, 7) is 4.24. The third-order valence-corrected chi connectivity index (χ3v) is 3.85. The van der Waals surface area contributed by atoms with Crippen LogP contribution in [0.1, 0.15) is 43.7 Å². The smallest absolute Gasteiger partial charge is 0.235 e. The van der Waals surface area contributed by atoms with Crippen LogP contribution in [0.3, 0.4) is 0 Å². The molecule has 0 aromatic heterocycles. The first-order valence-electron chi connectivity index (χ1n) is 6.01. The van der Waals surface area contributed by atoms with E-state index in [0.717, 1.165) is 34.2 Å². The summed E-state index contributed by atoms with van der Waals surface area (Å²) in [6, 6.07) is 4.01. The third kappa shape index (κ3) is 2.23. The predicted molar refractivity (Wildman–Crippen MR) is 73.8 cm³/mol. The minimum atomic E-state index is -0.363. The maximum atomic E-state index is 10.6. The van der Waals surface area contributed by atoms with Crippen LogP contribution in [0.25, 0.3) is 0 Å². The molecule has 1 saturated carbocycles. The Labute approximate surface area is 115 Å². The molecular weight excluding hydrogens is 294 g/mol. The van der Waals surface area contributed by atoms with Crippen molar-refractivity contribution in [2.75, 3.05) is 7.11 Å². The number of carbonyl (C=O) groups excluding carboxylic acids is 1. The van der Waals surface area contributed by atoms with E-state index < -0.39 is 0 Å². The second-order valence-electron chi connectivity index (χ2n) is 4.96.